The van der Waals surface area contributed by atoms with Gasteiger partial charge in [-0.15, -0.1) is 0 Å². The first-order chi connectivity index (χ1) is 10.5. The zero-order chi connectivity index (χ0) is 16.1. The molecule has 2 aromatic rings. The highest BCUT2D eigenvalue weighted by atomic mass is 35.5. The summed E-state index contributed by atoms with van der Waals surface area (Å²) in [5.74, 6) is -0.0499. The first-order valence-corrected chi connectivity index (χ1v) is 7.29. The number of hydrogen-bond donors (Lipinski definition) is 2. The van der Waals surface area contributed by atoms with Gasteiger partial charge in [0.2, 0.25) is 5.91 Å². The molecule has 2 aromatic carbocycles. The van der Waals surface area contributed by atoms with Gasteiger partial charge in [0.1, 0.15) is 5.75 Å². The lowest BCUT2D eigenvalue weighted by Gasteiger charge is -2.20. The molecule has 1 atom stereocenters. The van der Waals surface area contributed by atoms with Gasteiger partial charge in [-0.1, -0.05) is 41.9 Å². The molecule has 0 bridgehead atoms. The number of carbonyl (C=O) groups excluding carboxylic acids is 1. The van der Waals surface area contributed by atoms with Gasteiger partial charge in [0.05, 0.1) is 12.5 Å². The SMILES string of the molecule is CN(Cc1ccccc1O)C(=O)CC(O)c1ccc(Cl)cc1. The number of aliphatic hydroxyl groups excluding tert-OH is 1. The Hall–Kier alpha value is -2.04. The Kier molecular flexibility index (Phi) is 5.41. The fourth-order valence-corrected chi connectivity index (χ4v) is 2.24. The molecule has 1 amide bonds. The van der Waals surface area contributed by atoms with E-state index in [1.54, 1.807) is 55.6 Å². The van der Waals surface area contributed by atoms with Crippen molar-refractivity contribution in [3.63, 3.8) is 0 Å². The van der Waals surface area contributed by atoms with Crippen LogP contribution in [-0.4, -0.2) is 28.1 Å². The number of phenols is 1. The second-order valence-electron chi connectivity index (χ2n) is 5.15. The number of para-hydroxylation sites is 1. The van der Waals surface area contributed by atoms with Crippen molar-refractivity contribution in [2.45, 2.75) is 19.1 Å². The highest BCUT2D eigenvalue weighted by Gasteiger charge is 2.17. The second kappa shape index (κ2) is 7.29. The highest BCUT2D eigenvalue weighted by molar-refractivity contribution is 6.30. The normalized spacial score (nSPS) is 12.0. The molecule has 0 aromatic heterocycles. The average Bonchev–Trinajstić information content (AvgIpc) is 2.50. The van der Waals surface area contributed by atoms with E-state index in [0.717, 1.165) is 0 Å². The molecular formula is C17H18ClNO3. The highest BCUT2D eigenvalue weighted by Crippen LogP contribution is 2.21. The van der Waals surface area contributed by atoms with Gasteiger partial charge in [0.15, 0.2) is 0 Å². The Labute approximate surface area is 134 Å². The minimum absolute atomic E-state index is 0.0221. The summed E-state index contributed by atoms with van der Waals surface area (Å²) in [6.45, 7) is 0.291. The lowest BCUT2D eigenvalue weighted by Crippen LogP contribution is -2.27. The van der Waals surface area contributed by atoms with E-state index in [1.165, 1.54) is 4.90 Å². The van der Waals surface area contributed by atoms with Crippen LogP contribution in [0.2, 0.25) is 5.02 Å². The lowest BCUT2D eigenvalue weighted by atomic mass is 10.1. The second-order valence-corrected chi connectivity index (χ2v) is 5.59. The number of benzene rings is 2. The number of hydrogen-bond acceptors (Lipinski definition) is 3. The van der Waals surface area contributed by atoms with Crippen molar-refractivity contribution in [3.8, 4) is 5.75 Å². The van der Waals surface area contributed by atoms with E-state index in [-0.39, 0.29) is 18.1 Å². The summed E-state index contributed by atoms with van der Waals surface area (Å²) in [6, 6.07) is 13.6. The quantitative estimate of drug-likeness (QED) is 0.890. The fraction of sp³-hybridized carbons (Fsp3) is 0.235. The maximum absolute atomic E-state index is 12.2. The minimum Gasteiger partial charge on any atom is -0.508 e. The van der Waals surface area contributed by atoms with Gasteiger partial charge in [-0.3, -0.25) is 4.79 Å². The summed E-state index contributed by atoms with van der Waals surface area (Å²) < 4.78 is 0. The van der Waals surface area contributed by atoms with E-state index >= 15 is 0 Å². The summed E-state index contributed by atoms with van der Waals surface area (Å²) in [6.07, 6.45) is -0.900. The monoisotopic (exact) mass is 319 g/mol. The van der Waals surface area contributed by atoms with Crippen molar-refractivity contribution in [2.75, 3.05) is 7.05 Å². The van der Waals surface area contributed by atoms with E-state index in [2.05, 4.69) is 0 Å². The number of aromatic hydroxyl groups is 1. The number of carbonyl (C=O) groups is 1. The van der Waals surface area contributed by atoms with Crippen LogP contribution in [0.25, 0.3) is 0 Å². The van der Waals surface area contributed by atoms with Crippen LogP contribution < -0.4 is 0 Å². The average molecular weight is 320 g/mol. The van der Waals surface area contributed by atoms with Crippen molar-refractivity contribution in [1.29, 1.82) is 0 Å². The minimum atomic E-state index is -0.878. The molecule has 2 N–H and O–H groups in total. The zero-order valence-electron chi connectivity index (χ0n) is 12.2. The number of aliphatic hydroxyl groups is 1. The molecule has 116 valence electrons. The first kappa shape index (κ1) is 16.3. The molecule has 0 heterocycles. The molecule has 0 saturated carbocycles. The Bertz CT molecular complexity index is 643. The molecule has 0 aliphatic heterocycles. The number of nitrogens with zero attached hydrogens (tertiary/aromatic N) is 1. The van der Waals surface area contributed by atoms with Gasteiger partial charge in [0, 0.05) is 24.2 Å². The fourth-order valence-electron chi connectivity index (χ4n) is 2.11. The van der Waals surface area contributed by atoms with E-state index in [1.807, 2.05) is 0 Å². The smallest absolute Gasteiger partial charge is 0.225 e. The van der Waals surface area contributed by atoms with Gasteiger partial charge >= 0.3 is 0 Å². The van der Waals surface area contributed by atoms with Gasteiger partial charge in [-0.25, -0.2) is 0 Å². The standard InChI is InChI=1S/C17H18ClNO3/c1-19(11-13-4-2-3-5-15(13)20)17(22)10-16(21)12-6-8-14(18)9-7-12/h2-9,16,20-21H,10-11H2,1H3. The summed E-state index contributed by atoms with van der Waals surface area (Å²) >= 11 is 5.80. The van der Waals surface area contributed by atoms with Gasteiger partial charge in [-0.05, 0) is 23.8 Å². The Morgan fingerprint density at radius 2 is 1.82 bits per heavy atom. The number of amides is 1. The van der Waals surface area contributed by atoms with Crippen LogP contribution in [0, 0.1) is 0 Å². The lowest BCUT2D eigenvalue weighted by molar-refractivity contribution is -0.132. The Morgan fingerprint density at radius 3 is 2.45 bits per heavy atom. The number of rotatable bonds is 5. The van der Waals surface area contributed by atoms with Crippen molar-refractivity contribution in [3.05, 3.63) is 64.7 Å². The maximum atomic E-state index is 12.2. The molecule has 0 fully saturated rings. The third kappa shape index (κ3) is 4.23. The van der Waals surface area contributed by atoms with E-state index in [4.69, 9.17) is 11.6 Å². The molecule has 0 aliphatic rings. The Morgan fingerprint density at radius 1 is 1.18 bits per heavy atom. The van der Waals surface area contributed by atoms with Crippen LogP contribution in [0.5, 0.6) is 5.75 Å². The summed E-state index contributed by atoms with van der Waals surface area (Å²) in [5.41, 5.74) is 1.31. The topological polar surface area (TPSA) is 60.8 Å². The molecule has 2 rings (SSSR count). The van der Waals surface area contributed by atoms with Gasteiger partial charge in [-0.2, -0.15) is 0 Å². The van der Waals surface area contributed by atoms with Crippen LogP contribution in [0.4, 0.5) is 0 Å². The third-order valence-corrected chi connectivity index (χ3v) is 3.70. The summed E-state index contributed by atoms with van der Waals surface area (Å²) in [7, 11) is 1.64. The zero-order valence-corrected chi connectivity index (χ0v) is 13.0. The van der Waals surface area contributed by atoms with Crippen molar-refractivity contribution >= 4 is 17.5 Å². The molecule has 0 aliphatic carbocycles. The first-order valence-electron chi connectivity index (χ1n) is 6.91. The third-order valence-electron chi connectivity index (χ3n) is 3.45. The van der Waals surface area contributed by atoms with E-state index < -0.39 is 6.10 Å². The van der Waals surface area contributed by atoms with Crippen molar-refractivity contribution in [1.82, 2.24) is 4.90 Å². The largest absolute Gasteiger partial charge is 0.508 e. The summed E-state index contributed by atoms with van der Waals surface area (Å²) in [5, 5.41) is 20.4. The predicted molar refractivity (Wildman–Crippen MR) is 85.6 cm³/mol. The molecule has 0 saturated heterocycles. The van der Waals surface area contributed by atoms with Crippen molar-refractivity contribution in [2.24, 2.45) is 0 Å². The Balaban J connectivity index is 1.96. The molecule has 22 heavy (non-hydrogen) atoms. The number of halogens is 1. The predicted octanol–water partition coefficient (Wildman–Crippen LogP) is 3.13. The molecule has 1 unspecified atom stereocenters. The molecule has 4 nitrogen and oxygen atoms in total. The molecule has 5 heteroatoms. The number of phenolic OH excluding ortho intramolecular Hbond substituents is 1. The molecule has 0 radical (unpaired) electrons. The summed E-state index contributed by atoms with van der Waals surface area (Å²) in [4.78, 5) is 13.6. The maximum Gasteiger partial charge on any atom is 0.225 e. The van der Waals surface area contributed by atoms with Gasteiger partial charge in [0.25, 0.3) is 0 Å². The van der Waals surface area contributed by atoms with Crippen LogP contribution >= 0.6 is 11.6 Å². The van der Waals surface area contributed by atoms with E-state index in [9.17, 15) is 15.0 Å². The van der Waals surface area contributed by atoms with Crippen LogP contribution in [0.15, 0.2) is 48.5 Å². The molecular weight excluding hydrogens is 302 g/mol. The van der Waals surface area contributed by atoms with Crippen LogP contribution in [0.3, 0.4) is 0 Å². The van der Waals surface area contributed by atoms with E-state index in [0.29, 0.717) is 22.7 Å². The molecule has 0 spiro atoms. The van der Waals surface area contributed by atoms with Crippen LogP contribution in [-0.2, 0) is 11.3 Å². The van der Waals surface area contributed by atoms with Gasteiger partial charge < -0.3 is 15.1 Å². The van der Waals surface area contributed by atoms with Crippen LogP contribution in [0.1, 0.15) is 23.7 Å². The van der Waals surface area contributed by atoms with Crippen molar-refractivity contribution < 1.29 is 15.0 Å².